The smallest absolute Gasteiger partial charge is 0.119 e. The number of hydrogen-bond acceptors (Lipinski definition) is 4. The molecule has 2 aromatic rings. The van der Waals surface area contributed by atoms with Crippen molar-refractivity contribution in [2.24, 2.45) is 11.8 Å². The highest BCUT2D eigenvalue weighted by molar-refractivity contribution is 5.83. The molecule has 2 aliphatic heterocycles. The van der Waals surface area contributed by atoms with Gasteiger partial charge in [-0.15, -0.1) is 0 Å². The lowest BCUT2D eigenvalue weighted by Gasteiger charge is -2.32. The van der Waals surface area contributed by atoms with E-state index in [2.05, 4.69) is 16.8 Å². The molecule has 3 heterocycles. The number of pyridine rings is 1. The van der Waals surface area contributed by atoms with Crippen LogP contribution in [0, 0.1) is 11.8 Å². The fourth-order valence-electron chi connectivity index (χ4n) is 4.18. The Labute approximate surface area is 130 Å². The summed E-state index contributed by atoms with van der Waals surface area (Å²) in [7, 11) is 1.66. The molecule has 0 aliphatic carbocycles. The SMILES string of the molecule is COc1ccc2nccc([C@@H](O)C3C[C@@H]4CN3C[C@H]4C)c2c1. The van der Waals surface area contributed by atoms with Crippen LogP contribution in [0.2, 0.25) is 0 Å². The van der Waals surface area contributed by atoms with Gasteiger partial charge in [0.25, 0.3) is 0 Å². The third-order valence-electron chi connectivity index (χ3n) is 5.48. The largest absolute Gasteiger partial charge is 0.497 e. The zero-order valence-corrected chi connectivity index (χ0v) is 13.1. The number of aromatic nitrogens is 1. The van der Waals surface area contributed by atoms with Gasteiger partial charge in [-0.2, -0.15) is 0 Å². The average Bonchev–Trinajstić information content (AvgIpc) is 3.12. The normalized spacial score (nSPS) is 31.6. The molecular formula is C18H22N2O2. The number of methoxy groups -OCH3 is 1. The lowest BCUT2D eigenvalue weighted by Crippen LogP contribution is -2.37. The molecule has 22 heavy (non-hydrogen) atoms. The second-order valence-corrected chi connectivity index (χ2v) is 6.72. The second kappa shape index (κ2) is 5.21. The van der Waals surface area contributed by atoms with Gasteiger partial charge in [0.05, 0.1) is 18.7 Å². The first kappa shape index (κ1) is 14.0. The van der Waals surface area contributed by atoms with E-state index in [1.165, 1.54) is 0 Å². The fourth-order valence-corrected chi connectivity index (χ4v) is 4.18. The van der Waals surface area contributed by atoms with E-state index in [0.717, 1.165) is 53.6 Å². The summed E-state index contributed by atoms with van der Waals surface area (Å²) in [5.41, 5.74) is 1.87. The Kier molecular flexibility index (Phi) is 3.31. The number of benzene rings is 1. The fraction of sp³-hybridized carbons (Fsp3) is 0.500. The van der Waals surface area contributed by atoms with E-state index < -0.39 is 6.10 Å². The number of hydrogen-bond donors (Lipinski definition) is 1. The maximum absolute atomic E-state index is 11.0. The van der Waals surface area contributed by atoms with Gasteiger partial charge in [0, 0.05) is 30.7 Å². The van der Waals surface area contributed by atoms with Crippen LogP contribution in [0.15, 0.2) is 30.5 Å². The standard InChI is InChI=1S/C18H22N2O2/c1-11-9-20-10-12(11)7-17(20)18(21)14-5-6-19-16-4-3-13(22-2)8-15(14)16/h3-6,8,11-12,17-18,21H,7,9-10H2,1-2H3/t11-,12-,17?,18-/m1/s1. The highest BCUT2D eigenvalue weighted by atomic mass is 16.5. The summed E-state index contributed by atoms with van der Waals surface area (Å²) < 4.78 is 5.33. The van der Waals surface area contributed by atoms with Crippen LogP contribution >= 0.6 is 0 Å². The maximum atomic E-state index is 11.0. The maximum Gasteiger partial charge on any atom is 0.119 e. The number of fused-ring (bicyclic) bond motifs is 3. The van der Waals surface area contributed by atoms with Crippen molar-refractivity contribution >= 4 is 10.9 Å². The summed E-state index contributed by atoms with van der Waals surface area (Å²) in [6.07, 6.45) is 2.42. The number of aliphatic hydroxyl groups is 1. The van der Waals surface area contributed by atoms with Crippen LogP contribution in [0.3, 0.4) is 0 Å². The van der Waals surface area contributed by atoms with Crippen LogP contribution in [0.4, 0.5) is 0 Å². The van der Waals surface area contributed by atoms with E-state index in [9.17, 15) is 5.11 Å². The molecule has 2 aliphatic rings. The Morgan fingerprint density at radius 3 is 2.86 bits per heavy atom. The molecule has 0 radical (unpaired) electrons. The van der Waals surface area contributed by atoms with Crippen molar-refractivity contribution in [3.8, 4) is 5.75 Å². The molecule has 4 nitrogen and oxygen atoms in total. The summed E-state index contributed by atoms with van der Waals surface area (Å²) in [5, 5.41) is 12.0. The minimum Gasteiger partial charge on any atom is -0.497 e. The molecule has 5 atom stereocenters. The molecule has 2 unspecified atom stereocenters. The second-order valence-electron chi connectivity index (χ2n) is 6.72. The van der Waals surface area contributed by atoms with Crippen LogP contribution in [0.5, 0.6) is 5.75 Å². The van der Waals surface area contributed by atoms with E-state index >= 15 is 0 Å². The predicted octanol–water partition coefficient (Wildman–Crippen LogP) is 2.62. The molecule has 1 aromatic heterocycles. The lowest BCUT2D eigenvalue weighted by atomic mass is 9.87. The monoisotopic (exact) mass is 298 g/mol. The molecule has 1 aromatic carbocycles. The van der Waals surface area contributed by atoms with Crippen molar-refractivity contribution in [3.05, 3.63) is 36.0 Å². The van der Waals surface area contributed by atoms with Crippen molar-refractivity contribution in [2.45, 2.75) is 25.5 Å². The van der Waals surface area contributed by atoms with E-state index in [1.54, 1.807) is 13.3 Å². The topological polar surface area (TPSA) is 45.6 Å². The Balaban J connectivity index is 1.71. The molecule has 0 amide bonds. The average molecular weight is 298 g/mol. The number of piperidine rings is 1. The molecule has 1 N–H and O–H groups in total. The quantitative estimate of drug-likeness (QED) is 0.946. The lowest BCUT2D eigenvalue weighted by molar-refractivity contribution is 0.0619. The number of nitrogens with zero attached hydrogens (tertiary/aromatic N) is 2. The van der Waals surface area contributed by atoms with Crippen LogP contribution in [0.25, 0.3) is 10.9 Å². The van der Waals surface area contributed by atoms with Crippen LogP contribution in [-0.4, -0.2) is 41.2 Å². The van der Waals surface area contributed by atoms with Gasteiger partial charge in [0.2, 0.25) is 0 Å². The highest BCUT2D eigenvalue weighted by Crippen LogP contribution is 2.42. The summed E-state index contributed by atoms with van der Waals surface area (Å²) in [5.74, 6) is 2.30. The van der Waals surface area contributed by atoms with Gasteiger partial charge in [0.1, 0.15) is 5.75 Å². The summed E-state index contributed by atoms with van der Waals surface area (Å²) in [4.78, 5) is 6.86. The molecule has 2 bridgehead atoms. The molecule has 2 saturated heterocycles. The molecule has 116 valence electrons. The number of aliphatic hydroxyl groups excluding tert-OH is 1. The van der Waals surface area contributed by atoms with Crippen molar-refractivity contribution < 1.29 is 9.84 Å². The van der Waals surface area contributed by atoms with Gasteiger partial charge < -0.3 is 9.84 Å². The van der Waals surface area contributed by atoms with Crippen LogP contribution in [-0.2, 0) is 0 Å². The first-order valence-electron chi connectivity index (χ1n) is 8.02. The molecule has 0 saturated carbocycles. The molecule has 0 spiro atoms. The third-order valence-corrected chi connectivity index (χ3v) is 5.48. The number of rotatable bonds is 3. The van der Waals surface area contributed by atoms with Crippen molar-refractivity contribution in [1.82, 2.24) is 9.88 Å². The van der Waals surface area contributed by atoms with Gasteiger partial charge in [-0.25, -0.2) is 0 Å². The van der Waals surface area contributed by atoms with Gasteiger partial charge in [-0.05, 0) is 48.1 Å². The van der Waals surface area contributed by atoms with Gasteiger partial charge in [-0.1, -0.05) is 6.92 Å². The van der Waals surface area contributed by atoms with Crippen LogP contribution < -0.4 is 4.74 Å². The number of ether oxygens (including phenoxy) is 1. The van der Waals surface area contributed by atoms with E-state index in [-0.39, 0.29) is 6.04 Å². The molecule has 4 rings (SSSR count). The Hall–Kier alpha value is -1.65. The Morgan fingerprint density at radius 1 is 1.32 bits per heavy atom. The summed E-state index contributed by atoms with van der Waals surface area (Å²) >= 11 is 0. The van der Waals surface area contributed by atoms with Gasteiger partial charge >= 0.3 is 0 Å². The molecular weight excluding hydrogens is 276 g/mol. The first-order valence-corrected chi connectivity index (χ1v) is 8.02. The Morgan fingerprint density at radius 2 is 2.18 bits per heavy atom. The summed E-state index contributed by atoms with van der Waals surface area (Å²) in [6.45, 7) is 4.56. The van der Waals surface area contributed by atoms with Crippen LogP contribution in [0.1, 0.15) is 25.0 Å². The van der Waals surface area contributed by atoms with E-state index in [0.29, 0.717) is 0 Å². The molecule has 2 fully saturated rings. The highest BCUT2D eigenvalue weighted by Gasteiger charge is 2.45. The third kappa shape index (κ3) is 2.09. The zero-order valence-electron chi connectivity index (χ0n) is 13.1. The van der Waals surface area contributed by atoms with Crippen molar-refractivity contribution in [1.29, 1.82) is 0 Å². The van der Waals surface area contributed by atoms with Crippen molar-refractivity contribution in [2.75, 3.05) is 20.2 Å². The predicted molar refractivity (Wildman–Crippen MR) is 85.9 cm³/mol. The van der Waals surface area contributed by atoms with E-state index in [1.807, 2.05) is 24.3 Å². The van der Waals surface area contributed by atoms with Crippen molar-refractivity contribution in [3.63, 3.8) is 0 Å². The Bertz CT molecular complexity index is 701. The zero-order chi connectivity index (χ0) is 15.3. The van der Waals surface area contributed by atoms with Gasteiger partial charge in [0.15, 0.2) is 0 Å². The minimum atomic E-state index is -0.463. The van der Waals surface area contributed by atoms with Gasteiger partial charge in [-0.3, -0.25) is 9.88 Å². The summed E-state index contributed by atoms with van der Waals surface area (Å²) in [6, 6.07) is 8.02. The first-order chi connectivity index (χ1) is 10.7. The van der Waals surface area contributed by atoms with E-state index in [4.69, 9.17) is 4.74 Å². The minimum absolute atomic E-state index is 0.234. The molecule has 4 heteroatoms.